The molecule has 0 bridgehead atoms. The average Bonchev–Trinajstić information content (AvgIpc) is 2.17. The normalized spacial score (nSPS) is 9.00. The first kappa shape index (κ1) is 9.68. The van der Waals surface area contributed by atoms with Crippen molar-refractivity contribution in [2.24, 2.45) is 0 Å². The van der Waals surface area contributed by atoms with Crippen LogP contribution in [0.4, 0.5) is 0 Å². The van der Waals surface area contributed by atoms with Crippen molar-refractivity contribution in [2.75, 3.05) is 7.11 Å². The topological polar surface area (TPSA) is 63.0 Å². The van der Waals surface area contributed by atoms with Crippen molar-refractivity contribution >= 4 is 21.9 Å². The van der Waals surface area contributed by atoms with Crippen LogP contribution in [-0.4, -0.2) is 18.1 Å². The van der Waals surface area contributed by atoms with E-state index in [-0.39, 0.29) is 5.56 Å². The lowest BCUT2D eigenvalue weighted by Crippen LogP contribution is -2.02. The minimum Gasteiger partial charge on any atom is -0.465 e. The summed E-state index contributed by atoms with van der Waals surface area (Å²) in [6.07, 6.45) is 1.34. The molecule has 1 aromatic rings. The lowest BCUT2D eigenvalue weighted by molar-refractivity contribution is 0.0600. The number of methoxy groups -OCH3 is 1. The Morgan fingerprint density at radius 1 is 1.77 bits per heavy atom. The molecule has 0 amide bonds. The van der Waals surface area contributed by atoms with E-state index in [9.17, 15) is 4.79 Å². The van der Waals surface area contributed by atoms with E-state index in [1.807, 2.05) is 6.07 Å². The first-order valence-electron chi connectivity index (χ1n) is 3.33. The third-order valence-corrected chi connectivity index (χ3v) is 2.01. The largest absolute Gasteiger partial charge is 0.465 e. The maximum Gasteiger partial charge on any atom is 0.339 e. The van der Waals surface area contributed by atoms with Gasteiger partial charge in [-0.15, -0.1) is 0 Å². The maximum absolute atomic E-state index is 11.0. The summed E-state index contributed by atoms with van der Waals surface area (Å²) in [4.78, 5) is 14.8. The van der Waals surface area contributed by atoms with Crippen LogP contribution in [0.1, 0.15) is 15.9 Å². The molecular weight excluding hydrogens is 236 g/mol. The highest BCUT2D eigenvalue weighted by Crippen LogP contribution is 2.14. The van der Waals surface area contributed by atoms with Crippen molar-refractivity contribution in [3.8, 4) is 6.07 Å². The Bertz CT molecular complexity index is 384. The van der Waals surface area contributed by atoms with E-state index in [1.165, 1.54) is 19.4 Å². The predicted molar refractivity (Wildman–Crippen MR) is 48.0 cm³/mol. The van der Waals surface area contributed by atoms with Gasteiger partial charge in [0.1, 0.15) is 10.7 Å². The molecule has 0 atom stereocenters. The first-order chi connectivity index (χ1) is 6.19. The predicted octanol–water partition coefficient (Wildman–Crippen LogP) is 1.50. The van der Waals surface area contributed by atoms with Gasteiger partial charge in [0.15, 0.2) is 0 Å². The second kappa shape index (κ2) is 4.01. The van der Waals surface area contributed by atoms with Crippen LogP contribution in [0.5, 0.6) is 0 Å². The van der Waals surface area contributed by atoms with E-state index >= 15 is 0 Å². The molecule has 4 nitrogen and oxygen atoms in total. The van der Waals surface area contributed by atoms with Crippen molar-refractivity contribution in [1.29, 1.82) is 5.26 Å². The SMILES string of the molecule is COC(=O)c1cnc(Br)c(C#N)c1. The Morgan fingerprint density at radius 2 is 2.46 bits per heavy atom. The van der Waals surface area contributed by atoms with Crippen LogP contribution >= 0.6 is 15.9 Å². The monoisotopic (exact) mass is 240 g/mol. The molecule has 0 radical (unpaired) electrons. The van der Waals surface area contributed by atoms with Gasteiger partial charge in [-0.25, -0.2) is 9.78 Å². The fourth-order valence-electron chi connectivity index (χ4n) is 0.756. The van der Waals surface area contributed by atoms with E-state index < -0.39 is 5.97 Å². The van der Waals surface area contributed by atoms with Gasteiger partial charge >= 0.3 is 5.97 Å². The summed E-state index contributed by atoms with van der Waals surface area (Å²) < 4.78 is 4.89. The molecule has 1 aromatic heterocycles. The number of halogens is 1. The van der Waals surface area contributed by atoms with Crippen molar-refractivity contribution in [3.63, 3.8) is 0 Å². The summed E-state index contributed by atoms with van der Waals surface area (Å²) in [7, 11) is 1.27. The number of hydrogen-bond donors (Lipinski definition) is 0. The number of nitrogens with zero attached hydrogens (tertiary/aromatic N) is 2. The Labute approximate surface area is 83.3 Å². The van der Waals surface area contributed by atoms with Crippen LogP contribution < -0.4 is 0 Å². The minimum atomic E-state index is -0.503. The Kier molecular flexibility index (Phi) is 2.98. The van der Waals surface area contributed by atoms with Crippen LogP contribution in [0.3, 0.4) is 0 Å². The van der Waals surface area contributed by atoms with Gasteiger partial charge in [0, 0.05) is 6.20 Å². The van der Waals surface area contributed by atoms with Crippen molar-refractivity contribution < 1.29 is 9.53 Å². The molecule has 0 aromatic carbocycles. The highest BCUT2D eigenvalue weighted by molar-refractivity contribution is 9.10. The third-order valence-electron chi connectivity index (χ3n) is 1.38. The quantitative estimate of drug-likeness (QED) is 0.552. The summed E-state index contributed by atoms with van der Waals surface area (Å²) in [6, 6.07) is 3.32. The smallest absolute Gasteiger partial charge is 0.339 e. The fraction of sp³-hybridized carbons (Fsp3) is 0.125. The molecule has 0 aliphatic rings. The summed E-state index contributed by atoms with van der Waals surface area (Å²) in [5, 5.41) is 8.63. The molecule has 0 aliphatic carbocycles. The summed E-state index contributed by atoms with van der Waals surface area (Å²) in [5.74, 6) is -0.503. The van der Waals surface area contributed by atoms with E-state index in [2.05, 4.69) is 25.7 Å². The molecule has 0 saturated carbocycles. The second-order valence-electron chi connectivity index (χ2n) is 2.17. The zero-order valence-corrected chi connectivity index (χ0v) is 8.33. The Morgan fingerprint density at radius 3 is 3.00 bits per heavy atom. The van der Waals surface area contributed by atoms with Crippen molar-refractivity contribution in [2.45, 2.75) is 0 Å². The number of hydrogen-bond acceptors (Lipinski definition) is 4. The molecule has 0 N–H and O–H groups in total. The van der Waals surface area contributed by atoms with Crippen molar-refractivity contribution in [3.05, 3.63) is 28.0 Å². The van der Waals surface area contributed by atoms with Crippen LogP contribution in [-0.2, 0) is 4.74 Å². The average molecular weight is 241 g/mol. The third kappa shape index (κ3) is 2.04. The summed E-state index contributed by atoms with van der Waals surface area (Å²) in [5.41, 5.74) is 0.574. The molecule has 1 heterocycles. The van der Waals surface area contributed by atoms with Crippen LogP contribution in [0, 0.1) is 11.3 Å². The summed E-state index contributed by atoms with van der Waals surface area (Å²) >= 11 is 3.08. The number of carbonyl (C=O) groups excluding carboxylic acids is 1. The zero-order chi connectivity index (χ0) is 9.84. The number of nitriles is 1. The van der Waals surface area contributed by atoms with Crippen LogP contribution in [0.15, 0.2) is 16.9 Å². The number of aromatic nitrogens is 1. The summed E-state index contributed by atoms with van der Waals surface area (Å²) in [6.45, 7) is 0. The molecule has 0 spiro atoms. The lowest BCUT2D eigenvalue weighted by Gasteiger charge is -1.99. The number of carbonyl (C=O) groups is 1. The van der Waals surface area contributed by atoms with Crippen LogP contribution in [0.25, 0.3) is 0 Å². The number of rotatable bonds is 1. The standard InChI is InChI=1S/C8H5BrN2O2/c1-13-8(12)6-2-5(3-10)7(9)11-4-6/h2,4H,1H3. The van der Waals surface area contributed by atoms with Gasteiger partial charge in [-0.3, -0.25) is 0 Å². The van der Waals surface area contributed by atoms with Crippen LogP contribution in [0.2, 0.25) is 0 Å². The van der Waals surface area contributed by atoms with Gasteiger partial charge in [0.05, 0.1) is 18.2 Å². The molecule has 0 unspecified atom stereocenters. The molecule has 1 rings (SSSR count). The Hall–Kier alpha value is -1.41. The lowest BCUT2D eigenvalue weighted by atomic mass is 10.2. The molecule has 0 saturated heterocycles. The van der Waals surface area contributed by atoms with Gasteiger partial charge in [-0.05, 0) is 22.0 Å². The zero-order valence-electron chi connectivity index (χ0n) is 6.74. The second-order valence-corrected chi connectivity index (χ2v) is 2.92. The number of ether oxygens (including phenoxy) is 1. The van der Waals surface area contributed by atoms with Gasteiger partial charge in [0.25, 0.3) is 0 Å². The maximum atomic E-state index is 11.0. The molecule has 5 heteroatoms. The van der Waals surface area contributed by atoms with Crippen molar-refractivity contribution in [1.82, 2.24) is 4.98 Å². The van der Waals surface area contributed by atoms with Gasteiger partial charge < -0.3 is 4.74 Å². The molecule has 0 aliphatic heterocycles. The molecule has 0 fully saturated rings. The first-order valence-corrected chi connectivity index (χ1v) is 4.12. The minimum absolute atomic E-state index is 0.266. The number of pyridine rings is 1. The van der Waals surface area contributed by atoms with Gasteiger partial charge in [-0.2, -0.15) is 5.26 Å². The van der Waals surface area contributed by atoms with E-state index in [1.54, 1.807) is 0 Å². The fourth-order valence-corrected chi connectivity index (χ4v) is 1.06. The van der Waals surface area contributed by atoms with E-state index in [0.29, 0.717) is 10.2 Å². The molecule has 13 heavy (non-hydrogen) atoms. The molecule has 66 valence electrons. The molecular formula is C8H5BrN2O2. The van der Waals surface area contributed by atoms with E-state index in [0.717, 1.165) is 0 Å². The highest BCUT2D eigenvalue weighted by atomic mass is 79.9. The Balaban J connectivity index is 3.15. The van der Waals surface area contributed by atoms with Gasteiger partial charge in [0.2, 0.25) is 0 Å². The van der Waals surface area contributed by atoms with Gasteiger partial charge in [-0.1, -0.05) is 0 Å². The highest BCUT2D eigenvalue weighted by Gasteiger charge is 2.08. The van der Waals surface area contributed by atoms with E-state index in [4.69, 9.17) is 5.26 Å². The number of esters is 1.